The first-order valence-electron chi connectivity index (χ1n) is 6.27. The second-order valence-corrected chi connectivity index (χ2v) is 5.22. The number of hydrogen-bond donors (Lipinski definition) is 1. The number of nitrogens with zero attached hydrogens (tertiary/aromatic N) is 3. The molecule has 0 aromatic rings. The summed E-state index contributed by atoms with van der Waals surface area (Å²) in [5.41, 5.74) is 0. The molecule has 3 unspecified atom stereocenters. The lowest BCUT2D eigenvalue weighted by molar-refractivity contribution is -0.559. The van der Waals surface area contributed by atoms with Crippen molar-refractivity contribution in [2.75, 3.05) is 20.1 Å². The van der Waals surface area contributed by atoms with Gasteiger partial charge in [0, 0.05) is 19.4 Å². The number of rotatable bonds is 3. The van der Waals surface area contributed by atoms with Crippen LogP contribution < -0.4 is 0 Å². The van der Waals surface area contributed by atoms with E-state index < -0.39 is 6.35 Å². The maximum Gasteiger partial charge on any atom is 0.180 e. The van der Waals surface area contributed by atoms with E-state index in [0.717, 1.165) is 13.1 Å². The van der Waals surface area contributed by atoms with Crippen molar-refractivity contribution in [3.05, 3.63) is 0 Å². The summed E-state index contributed by atoms with van der Waals surface area (Å²) < 4.78 is 2.41. The molecular weight excluding hydrogens is 202 g/mol. The molecule has 4 nitrogen and oxygen atoms in total. The van der Waals surface area contributed by atoms with Crippen molar-refractivity contribution in [2.45, 2.75) is 51.7 Å². The van der Waals surface area contributed by atoms with Crippen LogP contribution in [0.2, 0.25) is 0 Å². The van der Waals surface area contributed by atoms with Gasteiger partial charge in [-0.3, -0.25) is 4.90 Å². The molecule has 0 spiro atoms. The Bertz CT molecular complexity index is 290. The third-order valence-electron chi connectivity index (χ3n) is 4.18. The SMILES string of the molecule is C/C=[N+]1\CCC2C1CN2C(O)N(C)C(C)C. The number of likely N-dealkylation sites (tertiary alicyclic amines) is 1. The summed E-state index contributed by atoms with van der Waals surface area (Å²) in [6.45, 7) is 8.46. The zero-order chi connectivity index (χ0) is 11.9. The molecule has 2 saturated heterocycles. The van der Waals surface area contributed by atoms with Gasteiger partial charge in [-0.05, 0) is 20.9 Å². The van der Waals surface area contributed by atoms with Crippen LogP contribution in [0.1, 0.15) is 27.2 Å². The third-order valence-corrected chi connectivity index (χ3v) is 4.18. The first-order chi connectivity index (χ1) is 7.56. The Balaban J connectivity index is 1.96. The maximum atomic E-state index is 10.2. The largest absolute Gasteiger partial charge is 0.365 e. The molecule has 0 saturated carbocycles. The van der Waals surface area contributed by atoms with Gasteiger partial charge in [-0.25, -0.2) is 9.48 Å². The molecule has 2 fully saturated rings. The summed E-state index contributed by atoms with van der Waals surface area (Å²) in [7, 11) is 1.99. The second kappa shape index (κ2) is 4.43. The van der Waals surface area contributed by atoms with Crippen LogP contribution in [0.25, 0.3) is 0 Å². The monoisotopic (exact) mass is 226 g/mol. The van der Waals surface area contributed by atoms with E-state index in [2.05, 4.69) is 36.5 Å². The molecule has 2 rings (SSSR count). The molecule has 0 aromatic heterocycles. The smallest absolute Gasteiger partial charge is 0.180 e. The second-order valence-electron chi connectivity index (χ2n) is 5.22. The molecule has 4 heteroatoms. The Labute approximate surface area is 98.2 Å². The van der Waals surface area contributed by atoms with Gasteiger partial charge in [-0.1, -0.05) is 0 Å². The normalized spacial score (nSPS) is 34.6. The quantitative estimate of drug-likeness (QED) is 0.549. The van der Waals surface area contributed by atoms with E-state index in [1.807, 2.05) is 11.9 Å². The van der Waals surface area contributed by atoms with Gasteiger partial charge in [0.2, 0.25) is 0 Å². The molecule has 2 aliphatic heterocycles. The van der Waals surface area contributed by atoms with Gasteiger partial charge >= 0.3 is 0 Å². The lowest BCUT2D eigenvalue weighted by Gasteiger charge is -2.46. The molecule has 92 valence electrons. The minimum absolute atomic E-state index is 0.379. The fraction of sp³-hybridized carbons (Fsp3) is 0.917. The third kappa shape index (κ3) is 1.79. The lowest BCUT2D eigenvalue weighted by Crippen LogP contribution is -2.67. The zero-order valence-corrected chi connectivity index (χ0v) is 10.8. The molecule has 2 aliphatic rings. The fourth-order valence-corrected chi connectivity index (χ4v) is 2.77. The van der Waals surface area contributed by atoms with Gasteiger partial charge in [-0.2, -0.15) is 0 Å². The molecular formula is C12H24N3O+. The van der Waals surface area contributed by atoms with Crippen LogP contribution in [0.5, 0.6) is 0 Å². The van der Waals surface area contributed by atoms with Crippen molar-refractivity contribution in [2.24, 2.45) is 0 Å². The number of fused-ring (bicyclic) bond motifs is 1. The molecule has 0 bridgehead atoms. The standard InChI is InChI=1S/C12H24N3O/c1-5-14-7-6-10-11(14)8-15(10)12(16)13(4)9(2)3/h5,9-12,16H,6-8H2,1-4H3/q+1/b14-5+. The zero-order valence-electron chi connectivity index (χ0n) is 10.8. The van der Waals surface area contributed by atoms with Crippen molar-refractivity contribution in [1.29, 1.82) is 0 Å². The highest BCUT2D eigenvalue weighted by Crippen LogP contribution is 2.31. The van der Waals surface area contributed by atoms with Crippen LogP contribution in [0.3, 0.4) is 0 Å². The van der Waals surface area contributed by atoms with Crippen molar-refractivity contribution < 1.29 is 9.68 Å². The molecule has 3 atom stereocenters. The first kappa shape index (κ1) is 12.0. The van der Waals surface area contributed by atoms with Gasteiger partial charge in [0.1, 0.15) is 12.8 Å². The van der Waals surface area contributed by atoms with Gasteiger partial charge in [0.05, 0.1) is 12.6 Å². The van der Waals surface area contributed by atoms with Crippen LogP contribution in [0, 0.1) is 0 Å². The summed E-state index contributed by atoms with van der Waals surface area (Å²) >= 11 is 0. The molecule has 1 N–H and O–H groups in total. The Morgan fingerprint density at radius 1 is 1.50 bits per heavy atom. The molecule has 0 aliphatic carbocycles. The molecule has 16 heavy (non-hydrogen) atoms. The van der Waals surface area contributed by atoms with Crippen molar-refractivity contribution >= 4 is 6.21 Å². The first-order valence-corrected chi connectivity index (χ1v) is 6.27. The van der Waals surface area contributed by atoms with E-state index >= 15 is 0 Å². The fourth-order valence-electron chi connectivity index (χ4n) is 2.77. The molecule has 0 aromatic carbocycles. The molecule has 2 heterocycles. The van der Waals surface area contributed by atoms with Gasteiger partial charge in [0.15, 0.2) is 12.4 Å². The van der Waals surface area contributed by atoms with Crippen molar-refractivity contribution in [3.63, 3.8) is 0 Å². The van der Waals surface area contributed by atoms with Gasteiger partial charge < -0.3 is 5.11 Å². The highest BCUT2D eigenvalue weighted by molar-refractivity contribution is 5.47. The van der Waals surface area contributed by atoms with Crippen LogP contribution in [0.15, 0.2) is 0 Å². The summed E-state index contributed by atoms with van der Waals surface area (Å²) in [6, 6.07) is 1.57. The van der Waals surface area contributed by atoms with E-state index in [4.69, 9.17) is 0 Å². The van der Waals surface area contributed by atoms with Crippen LogP contribution in [-0.2, 0) is 0 Å². The van der Waals surface area contributed by atoms with Gasteiger partial charge in [-0.15, -0.1) is 0 Å². The van der Waals surface area contributed by atoms with E-state index in [1.165, 1.54) is 6.42 Å². The van der Waals surface area contributed by atoms with E-state index in [0.29, 0.717) is 18.1 Å². The lowest BCUT2D eigenvalue weighted by atomic mass is 9.98. The van der Waals surface area contributed by atoms with Crippen LogP contribution in [0.4, 0.5) is 0 Å². The van der Waals surface area contributed by atoms with Crippen molar-refractivity contribution in [1.82, 2.24) is 9.80 Å². The predicted molar refractivity (Wildman–Crippen MR) is 64.7 cm³/mol. The summed E-state index contributed by atoms with van der Waals surface area (Å²) in [5.74, 6) is 0. The summed E-state index contributed by atoms with van der Waals surface area (Å²) in [5, 5.41) is 10.2. The van der Waals surface area contributed by atoms with Crippen molar-refractivity contribution in [3.8, 4) is 0 Å². The highest BCUT2D eigenvalue weighted by atomic mass is 16.3. The van der Waals surface area contributed by atoms with E-state index in [1.54, 1.807) is 0 Å². The minimum Gasteiger partial charge on any atom is -0.365 e. The maximum absolute atomic E-state index is 10.2. The topological polar surface area (TPSA) is 29.7 Å². The number of aliphatic hydroxyl groups is 1. The average Bonchev–Trinajstić information content (AvgIpc) is 2.53. The molecule has 0 radical (unpaired) electrons. The summed E-state index contributed by atoms with van der Waals surface area (Å²) in [6.07, 6.45) is 2.94. The number of aliphatic hydroxyl groups excluding tert-OH is 1. The van der Waals surface area contributed by atoms with Crippen LogP contribution >= 0.6 is 0 Å². The Kier molecular flexibility index (Phi) is 3.33. The van der Waals surface area contributed by atoms with Gasteiger partial charge in [0.25, 0.3) is 0 Å². The minimum atomic E-state index is -0.418. The average molecular weight is 226 g/mol. The Hall–Kier alpha value is -0.450. The predicted octanol–water partition coefficient (Wildman–Crippen LogP) is 0.162. The summed E-state index contributed by atoms with van der Waals surface area (Å²) in [4.78, 5) is 4.24. The number of hydrogen-bond acceptors (Lipinski definition) is 3. The van der Waals surface area contributed by atoms with E-state index in [-0.39, 0.29) is 0 Å². The van der Waals surface area contributed by atoms with Crippen LogP contribution in [-0.4, -0.2) is 70.3 Å². The Morgan fingerprint density at radius 2 is 2.19 bits per heavy atom. The highest BCUT2D eigenvalue weighted by Gasteiger charge is 2.53. The van der Waals surface area contributed by atoms with E-state index in [9.17, 15) is 5.11 Å². The molecule has 0 amide bonds. The Morgan fingerprint density at radius 3 is 2.75 bits per heavy atom.